The number of nitrogens with two attached hydrogens (primary N) is 2. The van der Waals surface area contributed by atoms with E-state index in [1.807, 2.05) is 13.0 Å². The van der Waals surface area contributed by atoms with Crippen LogP contribution in [0.4, 0.5) is 5.69 Å². The summed E-state index contributed by atoms with van der Waals surface area (Å²) >= 11 is 0. The molecule has 9 heteroatoms. The van der Waals surface area contributed by atoms with Gasteiger partial charge in [0.1, 0.15) is 0 Å². The second kappa shape index (κ2) is 6.62. The molecule has 0 bridgehead atoms. The molecule has 1 aromatic heterocycles. The lowest BCUT2D eigenvalue weighted by Gasteiger charge is -2.09. The molecule has 0 aliphatic heterocycles. The number of carbonyl (C=O) groups is 1. The number of nitrogens with zero attached hydrogens (tertiary/aromatic N) is 2. The highest BCUT2D eigenvalue weighted by molar-refractivity contribution is 7.90. The third-order valence-corrected chi connectivity index (χ3v) is 4.19. The standard InChI is InChI=1S/C17H17N5O3S/c1-11-10-16(12-2-4-13(5-3-12)17(18)23)22(20-11)15-8-6-14(7-9-15)21-26(19,24)25/h2-10,21H,1H3,(H2,18,23)(H2,19,24,25). The van der Waals surface area contributed by atoms with Crippen LogP contribution < -0.4 is 15.6 Å². The van der Waals surface area contributed by atoms with Gasteiger partial charge in [-0.3, -0.25) is 9.52 Å². The van der Waals surface area contributed by atoms with Crippen LogP contribution in [0.2, 0.25) is 0 Å². The van der Waals surface area contributed by atoms with E-state index in [9.17, 15) is 13.2 Å². The number of primary amides is 1. The second-order valence-corrected chi connectivity index (χ2v) is 7.01. The average molecular weight is 371 g/mol. The molecule has 3 rings (SSSR count). The molecule has 0 aliphatic rings. The Kier molecular flexibility index (Phi) is 4.49. The summed E-state index contributed by atoms with van der Waals surface area (Å²) in [6.07, 6.45) is 0. The van der Waals surface area contributed by atoms with Crippen LogP contribution in [0.5, 0.6) is 0 Å². The lowest BCUT2D eigenvalue weighted by molar-refractivity contribution is 0.100. The first-order valence-electron chi connectivity index (χ1n) is 7.61. The Hall–Kier alpha value is -3.17. The van der Waals surface area contributed by atoms with Crippen LogP contribution in [0.25, 0.3) is 16.9 Å². The monoisotopic (exact) mass is 371 g/mol. The number of rotatable bonds is 5. The van der Waals surface area contributed by atoms with Gasteiger partial charge >= 0.3 is 0 Å². The predicted octanol–water partition coefficient (Wildman–Crippen LogP) is 1.56. The van der Waals surface area contributed by atoms with Crippen molar-refractivity contribution >= 4 is 21.8 Å². The van der Waals surface area contributed by atoms with Gasteiger partial charge in [0.25, 0.3) is 10.2 Å². The first kappa shape index (κ1) is 17.6. The van der Waals surface area contributed by atoms with E-state index in [1.165, 1.54) is 0 Å². The molecule has 0 saturated heterocycles. The molecule has 0 saturated carbocycles. The number of carbonyl (C=O) groups excluding carboxylic acids is 1. The molecule has 0 aliphatic carbocycles. The average Bonchev–Trinajstić information content (AvgIpc) is 2.96. The Bertz CT molecular complexity index is 1050. The topological polar surface area (TPSA) is 133 Å². The quantitative estimate of drug-likeness (QED) is 0.627. The molecule has 0 spiro atoms. The molecule has 5 N–H and O–H groups in total. The summed E-state index contributed by atoms with van der Waals surface area (Å²) in [4.78, 5) is 11.2. The molecular weight excluding hydrogens is 354 g/mol. The highest BCUT2D eigenvalue weighted by Crippen LogP contribution is 2.25. The van der Waals surface area contributed by atoms with Crippen LogP contribution in [0, 0.1) is 6.92 Å². The van der Waals surface area contributed by atoms with Crippen molar-refractivity contribution in [3.8, 4) is 16.9 Å². The van der Waals surface area contributed by atoms with E-state index in [4.69, 9.17) is 10.9 Å². The van der Waals surface area contributed by atoms with Gasteiger partial charge in [0.2, 0.25) is 5.91 Å². The van der Waals surface area contributed by atoms with Crippen LogP contribution in [0.15, 0.2) is 54.6 Å². The SMILES string of the molecule is Cc1cc(-c2ccc(C(N)=O)cc2)n(-c2ccc(NS(N)(=O)=O)cc2)n1. The number of hydrogen-bond donors (Lipinski definition) is 3. The minimum Gasteiger partial charge on any atom is -0.366 e. The van der Waals surface area contributed by atoms with Crippen molar-refractivity contribution < 1.29 is 13.2 Å². The summed E-state index contributed by atoms with van der Waals surface area (Å²) in [7, 11) is -3.82. The van der Waals surface area contributed by atoms with E-state index in [-0.39, 0.29) is 0 Å². The molecule has 3 aromatic rings. The maximum atomic E-state index is 11.2. The predicted molar refractivity (Wildman–Crippen MR) is 99.0 cm³/mol. The van der Waals surface area contributed by atoms with Gasteiger partial charge in [-0.05, 0) is 49.4 Å². The fourth-order valence-electron chi connectivity index (χ4n) is 2.54. The summed E-state index contributed by atoms with van der Waals surface area (Å²) < 4.78 is 26.1. The van der Waals surface area contributed by atoms with Crippen molar-refractivity contribution in [3.63, 3.8) is 0 Å². The Balaban J connectivity index is 1.98. The van der Waals surface area contributed by atoms with Crippen molar-refractivity contribution in [2.75, 3.05) is 4.72 Å². The molecule has 26 heavy (non-hydrogen) atoms. The highest BCUT2D eigenvalue weighted by atomic mass is 32.2. The van der Waals surface area contributed by atoms with E-state index in [0.717, 1.165) is 22.6 Å². The Morgan fingerprint density at radius 1 is 1.08 bits per heavy atom. The minimum absolute atomic E-state index is 0.354. The van der Waals surface area contributed by atoms with Crippen molar-refractivity contribution in [3.05, 3.63) is 65.9 Å². The number of amides is 1. The lowest BCUT2D eigenvalue weighted by atomic mass is 10.1. The molecule has 0 unspecified atom stereocenters. The largest absolute Gasteiger partial charge is 0.366 e. The molecule has 2 aromatic carbocycles. The van der Waals surface area contributed by atoms with Gasteiger partial charge in [-0.1, -0.05) is 12.1 Å². The van der Waals surface area contributed by atoms with Crippen LogP contribution >= 0.6 is 0 Å². The van der Waals surface area contributed by atoms with Crippen molar-refractivity contribution in [1.82, 2.24) is 9.78 Å². The lowest BCUT2D eigenvalue weighted by Crippen LogP contribution is -2.21. The van der Waals surface area contributed by atoms with Gasteiger partial charge in [-0.2, -0.15) is 13.5 Å². The number of anilines is 1. The molecule has 1 heterocycles. The number of aryl methyl sites for hydroxylation is 1. The van der Waals surface area contributed by atoms with Crippen molar-refractivity contribution in [1.29, 1.82) is 0 Å². The van der Waals surface area contributed by atoms with Gasteiger partial charge in [0.15, 0.2) is 0 Å². The fraction of sp³-hybridized carbons (Fsp3) is 0.0588. The number of hydrogen-bond acceptors (Lipinski definition) is 4. The summed E-state index contributed by atoms with van der Waals surface area (Å²) in [5.74, 6) is -0.487. The number of benzene rings is 2. The van der Waals surface area contributed by atoms with Crippen LogP contribution in [-0.2, 0) is 10.2 Å². The van der Waals surface area contributed by atoms with Gasteiger partial charge in [-0.25, -0.2) is 9.82 Å². The summed E-state index contributed by atoms with van der Waals surface area (Å²) in [6, 6.07) is 15.5. The molecule has 8 nitrogen and oxygen atoms in total. The molecule has 1 amide bonds. The van der Waals surface area contributed by atoms with E-state index in [1.54, 1.807) is 53.2 Å². The Morgan fingerprint density at radius 3 is 2.23 bits per heavy atom. The van der Waals surface area contributed by atoms with Gasteiger partial charge in [0, 0.05) is 16.8 Å². The molecule has 0 fully saturated rings. The highest BCUT2D eigenvalue weighted by Gasteiger charge is 2.11. The number of aromatic nitrogens is 2. The fourth-order valence-corrected chi connectivity index (χ4v) is 3.01. The maximum absolute atomic E-state index is 11.2. The molecule has 0 radical (unpaired) electrons. The van der Waals surface area contributed by atoms with Crippen molar-refractivity contribution in [2.24, 2.45) is 10.9 Å². The molecule has 134 valence electrons. The summed E-state index contributed by atoms with van der Waals surface area (Å²) in [6.45, 7) is 1.87. The van der Waals surface area contributed by atoms with Gasteiger partial charge in [0.05, 0.1) is 17.1 Å². The Morgan fingerprint density at radius 2 is 1.69 bits per heavy atom. The van der Waals surface area contributed by atoms with Crippen LogP contribution in [0.3, 0.4) is 0 Å². The zero-order valence-corrected chi connectivity index (χ0v) is 14.7. The van der Waals surface area contributed by atoms with E-state index >= 15 is 0 Å². The van der Waals surface area contributed by atoms with E-state index < -0.39 is 16.1 Å². The van der Waals surface area contributed by atoms with Gasteiger partial charge < -0.3 is 5.73 Å². The molecular formula is C17H17N5O3S. The van der Waals surface area contributed by atoms with E-state index in [0.29, 0.717) is 11.3 Å². The Labute approximate surface area is 150 Å². The van der Waals surface area contributed by atoms with Crippen LogP contribution in [-0.4, -0.2) is 24.1 Å². The summed E-state index contributed by atoms with van der Waals surface area (Å²) in [5.41, 5.74) is 9.29. The van der Waals surface area contributed by atoms with E-state index in [2.05, 4.69) is 9.82 Å². The smallest absolute Gasteiger partial charge is 0.296 e. The second-order valence-electron chi connectivity index (χ2n) is 5.72. The minimum atomic E-state index is -3.82. The van der Waals surface area contributed by atoms with Crippen LogP contribution in [0.1, 0.15) is 16.1 Å². The van der Waals surface area contributed by atoms with Gasteiger partial charge in [-0.15, -0.1) is 0 Å². The summed E-state index contributed by atoms with van der Waals surface area (Å²) in [5, 5.41) is 9.44. The zero-order valence-electron chi connectivity index (χ0n) is 13.9. The molecule has 0 atom stereocenters. The first-order valence-corrected chi connectivity index (χ1v) is 9.15. The third kappa shape index (κ3) is 3.90. The maximum Gasteiger partial charge on any atom is 0.296 e. The first-order chi connectivity index (χ1) is 12.2. The normalized spacial score (nSPS) is 11.3. The third-order valence-electron chi connectivity index (χ3n) is 3.67. The zero-order chi connectivity index (χ0) is 18.9. The van der Waals surface area contributed by atoms with Crippen molar-refractivity contribution in [2.45, 2.75) is 6.92 Å². The number of nitrogens with one attached hydrogen (secondary N) is 1.